The Hall–Kier alpha value is -2.89. The van der Waals surface area contributed by atoms with E-state index in [9.17, 15) is 4.79 Å². The van der Waals surface area contributed by atoms with E-state index in [1.54, 1.807) is 13.2 Å². The van der Waals surface area contributed by atoms with Crippen LogP contribution in [0.25, 0.3) is 0 Å². The number of methoxy groups -OCH3 is 1. The molecule has 0 spiro atoms. The van der Waals surface area contributed by atoms with E-state index in [1.807, 2.05) is 30.3 Å². The van der Waals surface area contributed by atoms with Gasteiger partial charge < -0.3 is 24.4 Å². The summed E-state index contributed by atoms with van der Waals surface area (Å²) in [4.78, 5) is 15.0. The number of hydrogen-bond donors (Lipinski definition) is 1. The van der Waals surface area contributed by atoms with Gasteiger partial charge in [0.05, 0.1) is 12.7 Å². The number of hydrogen-bond acceptors (Lipinski definition) is 5. The van der Waals surface area contributed by atoms with Crippen LogP contribution in [0.5, 0.6) is 17.2 Å². The lowest BCUT2D eigenvalue weighted by Crippen LogP contribution is -2.47. The highest BCUT2D eigenvalue weighted by atomic mass is 16.7. The zero-order valence-electron chi connectivity index (χ0n) is 14.7. The Labute approximate surface area is 152 Å². The van der Waals surface area contributed by atoms with E-state index in [2.05, 4.69) is 16.3 Å². The first kappa shape index (κ1) is 16.6. The topological polar surface area (TPSA) is 60.0 Å². The van der Waals surface area contributed by atoms with Gasteiger partial charge in [0.15, 0.2) is 11.5 Å². The second kappa shape index (κ2) is 7.15. The van der Waals surface area contributed by atoms with Gasteiger partial charge in [-0.05, 0) is 37.1 Å². The number of rotatable bonds is 4. The number of nitrogens with one attached hydrogen (secondary N) is 1. The van der Waals surface area contributed by atoms with E-state index in [4.69, 9.17) is 14.2 Å². The maximum Gasteiger partial charge on any atom is 0.255 e. The van der Waals surface area contributed by atoms with Crippen molar-refractivity contribution in [1.29, 1.82) is 0 Å². The largest absolute Gasteiger partial charge is 0.497 e. The number of nitrogens with zero attached hydrogens (tertiary/aromatic N) is 1. The third kappa shape index (κ3) is 3.27. The summed E-state index contributed by atoms with van der Waals surface area (Å²) < 4.78 is 16.1. The van der Waals surface area contributed by atoms with Crippen LogP contribution in [0.1, 0.15) is 23.2 Å². The third-order valence-electron chi connectivity index (χ3n) is 4.82. The average Bonchev–Trinajstić information content (AvgIpc) is 3.17. The molecule has 1 N–H and O–H groups in total. The quantitative estimate of drug-likeness (QED) is 0.915. The third-order valence-corrected chi connectivity index (χ3v) is 4.82. The first-order valence-electron chi connectivity index (χ1n) is 8.83. The molecule has 0 aliphatic carbocycles. The molecule has 0 aromatic heterocycles. The van der Waals surface area contributed by atoms with Crippen LogP contribution in [-0.4, -0.2) is 38.9 Å². The van der Waals surface area contributed by atoms with Gasteiger partial charge in [0.2, 0.25) is 6.79 Å². The van der Waals surface area contributed by atoms with Crippen LogP contribution in [0.2, 0.25) is 0 Å². The molecular weight excluding hydrogens is 332 g/mol. The first-order chi connectivity index (χ1) is 12.7. The zero-order valence-corrected chi connectivity index (χ0v) is 14.7. The number of amides is 1. The lowest BCUT2D eigenvalue weighted by Gasteiger charge is -2.35. The fraction of sp³-hybridized carbons (Fsp3) is 0.350. The van der Waals surface area contributed by atoms with Gasteiger partial charge in [0, 0.05) is 30.9 Å². The molecule has 0 radical (unpaired) electrons. The molecule has 26 heavy (non-hydrogen) atoms. The Balaban J connectivity index is 1.45. The molecule has 1 amide bonds. The van der Waals surface area contributed by atoms with Crippen molar-refractivity contribution in [3.8, 4) is 17.2 Å². The summed E-state index contributed by atoms with van der Waals surface area (Å²) in [6.45, 7) is 1.90. The van der Waals surface area contributed by atoms with Crippen LogP contribution < -0.4 is 24.4 Å². The van der Waals surface area contributed by atoms with Crippen molar-refractivity contribution in [2.24, 2.45) is 0 Å². The van der Waals surface area contributed by atoms with Crippen molar-refractivity contribution in [3.63, 3.8) is 0 Å². The van der Waals surface area contributed by atoms with Gasteiger partial charge in [-0.15, -0.1) is 0 Å². The van der Waals surface area contributed by atoms with Crippen LogP contribution >= 0.6 is 0 Å². The summed E-state index contributed by atoms with van der Waals surface area (Å²) in [6.07, 6.45) is 1.98. The molecule has 0 bridgehead atoms. The lowest BCUT2D eigenvalue weighted by molar-refractivity contribution is 0.0928. The molecule has 6 heteroatoms. The molecule has 2 aliphatic rings. The maximum absolute atomic E-state index is 12.7. The van der Waals surface area contributed by atoms with Gasteiger partial charge in [-0.3, -0.25) is 4.79 Å². The van der Waals surface area contributed by atoms with E-state index in [-0.39, 0.29) is 18.7 Å². The van der Waals surface area contributed by atoms with Crippen molar-refractivity contribution in [2.75, 3.05) is 31.9 Å². The number of piperidine rings is 1. The number of ether oxygens (including phenoxy) is 3. The molecule has 2 aromatic carbocycles. The van der Waals surface area contributed by atoms with Gasteiger partial charge in [0.25, 0.3) is 5.91 Å². The lowest BCUT2D eigenvalue weighted by atomic mass is 10.0. The van der Waals surface area contributed by atoms with Gasteiger partial charge in [-0.2, -0.15) is 0 Å². The highest BCUT2D eigenvalue weighted by Gasteiger charge is 2.26. The normalized spacial score (nSPS) is 18.5. The summed E-state index contributed by atoms with van der Waals surface area (Å²) in [6, 6.07) is 13.5. The van der Waals surface area contributed by atoms with Gasteiger partial charge in [0.1, 0.15) is 5.75 Å². The Morgan fingerprint density at radius 1 is 1.23 bits per heavy atom. The Morgan fingerprint density at radius 3 is 3.00 bits per heavy atom. The van der Waals surface area contributed by atoms with Crippen LogP contribution in [0, 0.1) is 0 Å². The molecular formula is C20H22N2O4. The molecule has 2 aliphatic heterocycles. The van der Waals surface area contributed by atoms with E-state index in [0.717, 1.165) is 37.4 Å². The smallest absolute Gasteiger partial charge is 0.255 e. The zero-order chi connectivity index (χ0) is 17.9. The predicted octanol–water partition coefficient (Wildman–Crippen LogP) is 2.82. The number of fused-ring (bicyclic) bond motifs is 1. The van der Waals surface area contributed by atoms with Crippen LogP contribution in [-0.2, 0) is 0 Å². The number of carbonyl (C=O) groups excluding carboxylic acids is 1. The predicted molar refractivity (Wildman–Crippen MR) is 98.3 cm³/mol. The van der Waals surface area contributed by atoms with Crippen LogP contribution in [0.4, 0.5) is 5.69 Å². The summed E-state index contributed by atoms with van der Waals surface area (Å²) >= 11 is 0. The highest BCUT2D eigenvalue weighted by Crippen LogP contribution is 2.35. The fourth-order valence-corrected chi connectivity index (χ4v) is 3.51. The molecule has 1 unspecified atom stereocenters. The van der Waals surface area contributed by atoms with E-state index in [1.165, 1.54) is 0 Å². The summed E-state index contributed by atoms with van der Waals surface area (Å²) in [5, 5.41) is 3.15. The Morgan fingerprint density at radius 2 is 2.12 bits per heavy atom. The second-order valence-electron chi connectivity index (χ2n) is 6.50. The number of benzene rings is 2. The Kier molecular flexibility index (Phi) is 4.56. The minimum absolute atomic E-state index is 0.0839. The monoisotopic (exact) mass is 354 g/mol. The van der Waals surface area contributed by atoms with Crippen molar-refractivity contribution in [2.45, 2.75) is 18.9 Å². The maximum atomic E-state index is 12.7. The minimum Gasteiger partial charge on any atom is -0.497 e. The number of para-hydroxylation sites is 1. The Bertz CT molecular complexity index is 808. The van der Waals surface area contributed by atoms with Crippen molar-refractivity contribution in [3.05, 3.63) is 48.0 Å². The second-order valence-corrected chi connectivity index (χ2v) is 6.50. The van der Waals surface area contributed by atoms with Crippen molar-refractivity contribution >= 4 is 11.6 Å². The molecule has 1 atom stereocenters. The van der Waals surface area contributed by atoms with Gasteiger partial charge in [-0.1, -0.05) is 12.1 Å². The first-order valence-corrected chi connectivity index (χ1v) is 8.83. The molecule has 4 rings (SSSR count). The molecule has 2 heterocycles. The van der Waals surface area contributed by atoms with Gasteiger partial charge in [-0.25, -0.2) is 0 Å². The average molecular weight is 354 g/mol. The SMILES string of the molecule is COc1cccc(N2CCCC(NC(=O)c3cccc4c3OCO4)C2)c1. The molecule has 6 nitrogen and oxygen atoms in total. The standard InChI is InChI=1S/C20H22N2O4/c1-24-16-7-2-6-15(11-16)22-10-4-5-14(12-22)21-20(23)17-8-3-9-18-19(17)26-13-25-18/h2-3,6-9,11,14H,4-5,10,12-13H2,1H3,(H,21,23). The number of carbonyl (C=O) groups is 1. The van der Waals surface area contributed by atoms with Crippen LogP contribution in [0.3, 0.4) is 0 Å². The molecule has 0 saturated carbocycles. The summed E-state index contributed by atoms with van der Waals surface area (Å²) in [7, 11) is 1.67. The molecule has 1 fully saturated rings. The molecule has 136 valence electrons. The van der Waals surface area contributed by atoms with Gasteiger partial charge >= 0.3 is 0 Å². The molecule has 2 aromatic rings. The van der Waals surface area contributed by atoms with E-state index < -0.39 is 0 Å². The highest BCUT2D eigenvalue weighted by molar-refractivity contribution is 5.98. The van der Waals surface area contributed by atoms with Crippen molar-refractivity contribution < 1.29 is 19.0 Å². The number of anilines is 1. The van der Waals surface area contributed by atoms with E-state index in [0.29, 0.717) is 17.1 Å². The summed E-state index contributed by atoms with van der Waals surface area (Å²) in [5.41, 5.74) is 1.64. The van der Waals surface area contributed by atoms with E-state index >= 15 is 0 Å². The van der Waals surface area contributed by atoms with Crippen molar-refractivity contribution in [1.82, 2.24) is 5.32 Å². The fourth-order valence-electron chi connectivity index (χ4n) is 3.51. The van der Waals surface area contributed by atoms with Crippen LogP contribution in [0.15, 0.2) is 42.5 Å². The minimum atomic E-state index is -0.121. The molecule has 1 saturated heterocycles. The summed E-state index contributed by atoms with van der Waals surface area (Å²) in [5.74, 6) is 1.88.